The molecule has 2 amide bonds. The zero-order chi connectivity index (χ0) is 18.0. The highest BCUT2D eigenvalue weighted by Crippen LogP contribution is 2.24. The van der Waals surface area contributed by atoms with E-state index in [-0.39, 0.29) is 17.9 Å². The summed E-state index contributed by atoms with van der Waals surface area (Å²) >= 11 is 3.44. The van der Waals surface area contributed by atoms with E-state index in [0.29, 0.717) is 43.5 Å². The van der Waals surface area contributed by atoms with Crippen LogP contribution >= 0.6 is 15.9 Å². The number of carbonyl (C=O) groups excluding carboxylic acids is 2. The Balaban J connectivity index is 1.58. The van der Waals surface area contributed by atoms with Gasteiger partial charge in [0.1, 0.15) is 5.75 Å². The lowest BCUT2D eigenvalue weighted by Gasteiger charge is -2.37. The Labute approximate surface area is 156 Å². The standard InChI is InChI=1S/C18H24BrN3O3/c1-12(17(23)20-13-3-4-13)21-7-9-22(10-8-21)18(24)15-11-14(25-2)5-6-16(15)19/h5-6,11-13H,3-4,7-10H2,1-2H3,(H,20,23). The van der Waals surface area contributed by atoms with Crippen molar-refractivity contribution in [1.29, 1.82) is 0 Å². The average Bonchev–Trinajstić information content (AvgIpc) is 3.45. The number of hydrogen-bond acceptors (Lipinski definition) is 4. The quantitative estimate of drug-likeness (QED) is 0.806. The summed E-state index contributed by atoms with van der Waals surface area (Å²) in [6.07, 6.45) is 2.19. The number of ether oxygens (including phenoxy) is 1. The van der Waals surface area contributed by atoms with Crippen LogP contribution in [0.25, 0.3) is 0 Å². The van der Waals surface area contributed by atoms with Crippen molar-refractivity contribution in [3.8, 4) is 5.75 Å². The third-order valence-electron chi connectivity index (χ3n) is 4.86. The minimum Gasteiger partial charge on any atom is -0.497 e. The highest BCUT2D eigenvalue weighted by Gasteiger charge is 2.31. The first-order valence-electron chi connectivity index (χ1n) is 8.67. The maximum absolute atomic E-state index is 12.8. The molecule has 1 aromatic carbocycles. The Morgan fingerprint density at radius 3 is 2.52 bits per heavy atom. The van der Waals surface area contributed by atoms with Crippen LogP contribution in [0.1, 0.15) is 30.1 Å². The van der Waals surface area contributed by atoms with Gasteiger partial charge in [-0.05, 0) is 53.9 Å². The van der Waals surface area contributed by atoms with Crippen LogP contribution in [0.3, 0.4) is 0 Å². The third kappa shape index (κ3) is 4.33. The predicted molar refractivity (Wildman–Crippen MR) is 98.8 cm³/mol. The Morgan fingerprint density at radius 2 is 1.92 bits per heavy atom. The maximum atomic E-state index is 12.8. The molecule has 2 fully saturated rings. The number of methoxy groups -OCH3 is 1. The Hall–Kier alpha value is -1.60. The van der Waals surface area contributed by atoms with Gasteiger partial charge in [0.25, 0.3) is 5.91 Å². The van der Waals surface area contributed by atoms with Crippen LogP contribution in [-0.4, -0.2) is 67.0 Å². The second-order valence-corrected chi connectivity index (χ2v) is 7.49. The summed E-state index contributed by atoms with van der Waals surface area (Å²) in [5.74, 6) is 0.744. The van der Waals surface area contributed by atoms with Gasteiger partial charge >= 0.3 is 0 Å². The normalized spacial score (nSPS) is 19.4. The van der Waals surface area contributed by atoms with Gasteiger partial charge in [-0.1, -0.05) is 0 Å². The van der Waals surface area contributed by atoms with Crippen LogP contribution in [-0.2, 0) is 4.79 Å². The minimum atomic E-state index is -0.151. The number of nitrogens with zero attached hydrogens (tertiary/aromatic N) is 2. The molecule has 1 N–H and O–H groups in total. The Kier molecular flexibility index (Phi) is 5.64. The number of amides is 2. The molecule has 3 rings (SSSR count). The number of halogens is 1. The van der Waals surface area contributed by atoms with Crippen molar-refractivity contribution in [1.82, 2.24) is 15.1 Å². The van der Waals surface area contributed by atoms with Crippen LogP contribution in [0.5, 0.6) is 5.75 Å². The molecule has 1 atom stereocenters. The highest BCUT2D eigenvalue weighted by molar-refractivity contribution is 9.10. The molecule has 136 valence electrons. The fourth-order valence-electron chi connectivity index (χ4n) is 2.99. The second-order valence-electron chi connectivity index (χ2n) is 6.63. The lowest BCUT2D eigenvalue weighted by Crippen LogP contribution is -2.55. The third-order valence-corrected chi connectivity index (χ3v) is 5.55. The van der Waals surface area contributed by atoms with Gasteiger partial charge in [0.05, 0.1) is 18.7 Å². The Morgan fingerprint density at radius 1 is 1.24 bits per heavy atom. The average molecular weight is 410 g/mol. The first kappa shape index (κ1) is 18.2. The van der Waals surface area contributed by atoms with Gasteiger partial charge < -0.3 is 15.0 Å². The summed E-state index contributed by atoms with van der Waals surface area (Å²) < 4.78 is 5.98. The molecule has 0 bridgehead atoms. The van der Waals surface area contributed by atoms with Gasteiger partial charge in [0, 0.05) is 36.7 Å². The largest absolute Gasteiger partial charge is 0.497 e. The van der Waals surface area contributed by atoms with E-state index in [2.05, 4.69) is 26.1 Å². The number of nitrogens with one attached hydrogen (secondary N) is 1. The fraction of sp³-hybridized carbons (Fsp3) is 0.556. The molecule has 1 unspecified atom stereocenters. The lowest BCUT2D eigenvalue weighted by atomic mass is 10.1. The molecule has 0 aromatic heterocycles. The van der Waals surface area contributed by atoms with E-state index in [4.69, 9.17) is 4.74 Å². The van der Waals surface area contributed by atoms with E-state index in [1.165, 1.54) is 0 Å². The van der Waals surface area contributed by atoms with Crippen LogP contribution in [0.4, 0.5) is 0 Å². The van der Waals surface area contributed by atoms with Crippen molar-refractivity contribution in [3.05, 3.63) is 28.2 Å². The van der Waals surface area contributed by atoms with E-state index in [0.717, 1.165) is 17.3 Å². The number of hydrogen-bond donors (Lipinski definition) is 1. The fourth-order valence-corrected chi connectivity index (χ4v) is 3.41. The molecule has 1 aliphatic heterocycles. The van der Waals surface area contributed by atoms with E-state index in [1.54, 1.807) is 13.2 Å². The zero-order valence-electron chi connectivity index (χ0n) is 14.6. The molecule has 2 aliphatic rings. The Bertz CT molecular complexity index is 655. The van der Waals surface area contributed by atoms with Crippen molar-refractivity contribution >= 4 is 27.7 Å². The molecule has 0 radical (unpaired) electrons. The maximum Gasteiger partial charge on any atom is 0.255 e. The molecule has 0 spiro atoms. The first-order chi connectivity index (χ1) is 12.0. The molecule has 6 nitrogen and oxygen atoms in total. The monoisotopic (exact) mass is 409 g/mol. The number of piperazine rings is 1. The number of carbonyl (C=O) groups is 2. The van der Waals surface area contributed by atoms with Crippen LogP contribution < -0.4 is 10.1 Å². The van der Waals surface area contributed by atoms with Crippen molar-refractivity contribution in [3.63, 3.8) is 0 Å². The highest BCUT2D eigenvalue weighted by atomic mass is 79.9. The molecular weight excluding hydrogens is 386 g/mol. The summed E-state index contributed by atoms with van der Waals surface area (Å²) in [6, 6.07) is 5.63. The molecule has 7 heteroatoms. The molecule has 1 aliphatic carbocycles. The topological polar surface area (TPSA) is 61.9 Å². The van der Waals surface area contributed by atoms with Gasteiger partial charge in [-0.3, -0.25) is 14.5 Å². The lowest BCUT2D eigenvalue weighted by molar-refractivity contribution is -0.126. The predicted octanol–water partition coefficient (Wildman–Crippen LogP) is 1.88. The zero-order valence-corrected chi connectivity index (χ0v) is 16.2. The summed E-state index contributed by atoms with van der Waals surface area (Å²) in [5, 5.41) is 3.05. The first-order valence-corrected chi connectivity index (χ1v) is 9.46. The smallest absolute Gasteiger partial charge is 0.255 e. The molecule has 1 saturated carbocycles. The van der Waals surface area contributed by atoms with Gasteiger partial charge in [0.2, 0.25) is 5.91 Å². The molecule has 1 heterocycles. The second kappa shape index (κ2) is 7.74. The molecular formula is C18H24BrN3O3. The van der Waals surface area contributed by atoms with E-state index in [1.807, 2.05) is 24.0 Å². The van der Waals surface area contributed by atoms with E-state index in [9.17, 15) is 9.59 Å². The number of rotatable bonds is 5. The van der Waals surface area contributed by atoms with Crippen LogP contribution in [0.15, 0.2) is 22.7 Å². The SMILES string of the molecule is COc1ccc(Br)c(C(=O)N2CCN(C(C)C(=O)NC3CC3)CC2)c1. The van der Waals surface area contributed by atoms with E-state index < -0.39 is 0 Å². The summed E-state index contributed by atoms with van der Waals surface area (Å²) in [4.78, 5) is 29.0. The van der Waals surface area contributed by atoms with Gasteiger partial charge in [0.15, 0.2) is 0 Å². The molecule has 1 aromatic rings. The summed E-state index contributed by atoms with van der Waals surface area (Å²) in [7, 11) is 1.59. The van der Waals surface area contributed by atoms with Gasteiger partial charge in [-0.25, -0.2) is 0 Å². The van der Waals surface area contributed by atoms with E-state index >= 15 is 0 Å². The summed E-state index contributed by atoms with van der Waals surface area (Å²) in [5.41, 5.74) is 0.604. The minimum absolute atomic E-state index is 0.0134. The van der Waals surface area contributed by atoms with Crippen LogP contribution in [0.2, 0.25) is 0 Å². The van der Waals surface area contributed by atoms with Crippen LogP contribution in [0, 0.1) is 0 Å². The van der Waals surface area contributed by atoms with Crippen molar-refractivity contribution < 1.29 is 14.3 Å². The summed E-state index contributed by atoms with van der Waals surface area (Å²) in [6.45, 7) is 4.57. The van der Waals surface area contributed by atoms with Crippen molar-refractivity contribution in [2.45, 2.75) is 31.8 Å². The number of benzene rings is 1. The van der Waals surface area contributed by atoms with Gasteiger partial charge in [-0.15, -0.1) is 0 Å². The molecule has 25 heavy (non-hydrogen) atoms. The van der Waals surface area contributed by atoms with Crippen molar-refractivity contribution in [2.75, 3.05) is 33.3 Å². The molecule has 1 saturated heterocycles. The van der Waals surface area contributed by atoms with Gasteiger partial charge in [-0.2, -0.15) is 0 Å². The van der Waals surface area contributed by atoms with Crippen molar-refractivity contribution in [2.24, 2.45) is 0 Å².